The maximum atomic E-state index is 13.1. The summed E-state index contributed by atoms with van der Waals surface area (Å²) in [6.45, 7) is 0. The van der Waals surface area contributed by atoms with E-state index in [0.717, 1.165) is 0 Å². The van der Waals surface area contributed by atoms with Crippen molar-refractivity contribution in [1.82, 2.24) is 4.98 Å². The lowest BCUT2D eigenvalue weighted by atomic mass is 10.2. The van der Waals surface area contributed by atoms with Gasteiger partial charge in [-0.05, 0) is 34.1 Å². The summed E-state index contributed by atoms with van der Waals surface area (Å²) < 4.78 is 13.7. The first kappa shape index (κ1) is 11.1. The zero-order chi connectivity index (χ0) is 11.0. The molecule has 0 aliphatic heterocycles. The molecule has 0 bridgehead atoms. The van der Waals surface area contributed by atoms with Crippen LogP contribution in [-0.2, 0) is 5.88 Å². The van der Waals surface area contributed by atoms with Gasteiger partial charge >= 0.3 is 0 Å². The third kappa shape index (κ3) is 2.10. The van der Waals surface area contributed by atoms with Crippen molar-refractivity contribution >= 4 is 50.0 Å². The molecule has 15 heavy (non-hydrogen) atoms. The first-order chi connectivity index (χ1) is 7.11. The van der Waals surface area contributed by atoms with Crippen molar-refractivity contribution in [2.24, 2.45) is 0 Å². The summed E-state index contributed by atoms with van der Waals surface area (Å²) in [7, 11) is 0. The van der Waals surface area contributed by atoms with Gasteiger partial charge in [0, 0.05) is 15.4 Å². The van der Waals surface area contributed by atoms with E-state index in [-0.39, 0.29) is 11.7 Å². The fourth-order valence-corrected chi connectivity index (χ4v) is 2.34. The summed E-state index contributed by atoms with van der Waals surface area (Å²) in [5, 5.41) is 1.03. The minimum absolute atomic E-state index is 0.260. The first-order valence-corrected chi connectivity index (χ1v) is 5.82. The van der Waals surface area contributed by atoms with Crippen molar-refractivity contribution in [1.29, 1.82) is 0 Å². The van der Waals surface area contributed by atoms with Crippen LogP contribution in [0.15, 0.2) is 22.7 Å². The van der Waals surface area contributed by atoms with Crippen LogP contribution in [0.3, 0.4) is 0 Å². The Morgan fingerprint density at radius 2 is 2.07 bits per heavy atom. The van der Waals surface area contributed by atoms with Crippen LogP contribution in [0.2, 0.25) is 5.15 Å². The second-order valence-corrected chi connectivity index (χ2v) is 4.51. The Bertz CT molecular complexity index is 530. The standard InChI is InChI=1S/C10H5BrCl2FN/c11-8-3-7(14)2-5-1-6(4-12)10(13)15-9(5)8/h1-3H,4H2. The highest BCUT2D eigenvalue weighted by molar-refractivity contribution is 9.10. The van der Waals surface area contributed by atoms with E-state index in [9.17, 15) is 4.39 Å². The fourth-order valence-electron chi connectivity index (χ4n) is 1.32. The highest BCUT2D eigenvalue weighted by Gasteiger charge is 2.08. The van der Waals surface area contributed by atoms with Gasteiger partial charge in [0.25, 0.3) is 0 Å². The summed E-state index contributed by atoms with van der Waals surface area (Å²) in [4.78, 5) is 4.15. The normalized spacial score (nSPS) is 10.9. The number of halogens is 4. The number of fused-ring (bicyclic) bond motifs is 1. The zero-order valence-electron chi connectivity index (χ0n) is 7.40. The van der Waals surface area contributed by atoms with Crippen LogP contribution in [0.25, 0.3) is 10.9 Å². The van der Waals surface area contributed by atoms with Gasteiger partial charge in [-0.1, -0.05) is 11.6 Å². The van der Waals surface area contributed by atoms with Gasteiger partial charge in [-0.15, -0.1) is 11.6 Å². The third-order valence-electron chi connectivity index (χ3n) is 2.01. The number of benzene rings is 1. The number of pyridine rings is 1. The van der Waals surface area contributed by atoms with Crippen molar-refractivity contribution in [3.8, 4) is 0 Å². The summed E-state index contributed by atoms with van der Waals surface area (Å²) >= 11 is 14.8. The Balaban J connectivity index is 2.81. The Morgan fingerprint density at radius 3 is 2.73 bits per heavy atom. The Morgan fingerprint density at radius 1 is 1.33 bits per heavy atom. The van der Waals surface area contributed by atoms with Gasteiger partial charge in [0.1, 0.15) is 11.0 Å². The minimum Gasteiger partial charge on any atom is -0.235 e. The van der Waals surface area contributed by atoms with Crippen LogP contribution in [0.5, 0.6) is 0 Å². The van der Waals surface area contributed by atoms with E-state index in [4.69, 9.17) is 23.2 Å². The zero-order valence-corrected chi connectivity index (χ0v) is 10.5. The first-order valence-electron chi connectivity index (χ1n) is 4.12. The number of nitrogens with zero attached hydrogens (tertiary/aromatic N) is 1. The monoisotopic (exact) mass is 307 g/mol. The van der Waals surface area contributed by atoms with Gasteiger partial charge in [-0.25, -0.2) is 9.37 Å². The average molecular weight is 309 g/mol. The van der Waals surface area contributed by atoms with Crippen LogP contribution in [0.4, 0.5) is 4.39 Å². The molecule has 78 valence electrons. The molecule has 1 heterocycles. The van der Waals surface area contributed by atoms with E-state index in [0.29, 0.717) is 26.1 Å². The quantitative estimate of drug-likeness (QED) is 0.557. The number of hydrogen-bond donors (Lipinski definition) is 0. The van der Waals surface area contributed by atoms with Crippen molar-refractivity contribution in [2.75, 3.05) is 0 Å². The number of aromatic nitrogens is 1. The van der Waals surface area contributed by atoms with Crippen LogP contribution in [0.1, 0.15) is 5.56 Å². The molecule has 1 aromatic heterocycles. The molecule has 1 aromatic carbocycles. The Kier molecular flexibility index (Phi) is 3.14. The average Bonchev–Trinajstić information content (AvgIpc) is 2.18. The van der Waals surface area contributed by atoms with Gasteiger partial charge in [-0.3, -0.25) is 0 Å². The van der Waals surface area contributed by atoms with Gasteiger partial charge in [0.05, 0.1) is 11.4 Å². The number of hydrogen-bond acceptors (Lipinski definition) is 1. The van der Waals surface area contributed by atoms with Crippen LogP contribution >= 0.6 is 39.1 Å². The van der Waals surface area contributed by atoms with Gasteiger partial charge < -0.3 is 0 Å². The molecule has 0 spiro atoms. The lowest BCUT2D eigenvalue weighted by Gasteiger charge is -2.04. The highest BCUT2D eigenvalue weighted by Crippen LogP contribution is 2.28. The van der Waals surface area contributed by atoms with Crippen molar-refractivity contribution in [3.05, 3.63) is 39.2 Å². The van der Waals surface area contributed by atoms with E-state index in [1.54, 1.807) is 6.07 Å². The topological polar surface area (TPSA) is 12.9 Å². The molecule has 0 fully saturated rings. The summed E-state index contributed by atoms with van der Waals surface area (Å²) in [6.07, 6.45) is 0. The molecular formula is C10H5BrCl2FN. The highest BCUT2D eigenvalue weighted by atomic mass is 79.9. The maximum absolute atomic E-state index is 13.1. The van der Waals surface area contributed by atoms with Crippen molar-refractivity contribution in [3.63, 3.8) is 0 Å². The molecule has 0 N–H and O–H groups in total. The molecule has 0 saturated heterocycles. The van der Waals surface area contributed by atoms with E-state index in [1.165, 1.54) is 12.1 Å². The van der Waals surface area contributed by atoms with Crippen LogP contribution in [0, 0.1) is 5.82 Å². The second kappa shape index (κ2) is 4.24. The van der Waals surface area contributed by atoms with E-state index in [2.05, 4.69) is 20.9 Å². The van der Waals surface area contributed by atoms with Gasteiger partial charge in [0.2, 0.25) is 0 Å². The molecule has 0 aliphatic rings. The van der Waals surface area contributed by atoms with E-state index >= 15 is 0 Å². The summed E-state index contributed by atoms with van der Waals surface area (Å²) in [5.41, 5.74) is 1.33. The predicted molar refractivity (Wildman–Crippen MR) is 64.0 cm³/mol. The molecule has 0 aliphatic carbocycles. The molecule has 2 rings (SSSR count). The summed E-state index contributed by atoms with van der Waals surface area (Å²) in [5.74, 6) is -0.0605. The Hall–Kier alpha value is -0.380. The molecule has 0 atom stereocenters. The van der Waals surface area contributed by atoms with Crippen LogP contribution in [-0.4, -0.2) is 4.98 Å². The van der Waals surface area contributed by atoms with E-state index in [1.807, 2.05) is 0 Å². The van der Waals surface area contributed by atoms with Gasteiger partial charge in [-0.2, -0.15) is 0 Å². The molecular weight excluding hydrogens is 304 g/mol. The molecule has 0 radical (unpaired) electrons. The fraction of sp³-hybridized carbons (Fsp3) is 0.100. The number of alkyl halides is 1. The third-order valence-corrected chi connectivity index (χ3v) is 3.23. The Labute approximate surface area is 104 Å². The number of rotatable bonds is 1. The largest absolute Gasteiger partial charge is 0.235 e. The molecule has 0 saturated carbocycles. The molecule has 2 aromatic rings. The van der Waals surface area contributed by atoms with Crippen molar-refractivity contribution in [2.45, 2.75) is 5.88 Å². The predicted octanol–water partition coefficient (Wildman–Crippen LogP) is 4.53. The summed E-state index contributed by atoms with van der Waals surface area (Å²) in [6, 6.07) is 4.50. The lowest BCUT2D eigenvalue weighted by molar-refractivity contribution is 0.629. The molecule has 0 amide bonds. The smallest absolute Gasteiger partial charge is 0.134 e. The molecule has 1 nitrogen and oxygen atoms in total. The lowest BCUT2D eigenvalue weighted by Crippen LogP contribution is -1.89. The SMILES string of the molecule is Fc1cc(Br)c2nc(Cl)c(CCl)cc2c1. The van der Waals surface area contributed by atoms with Crippen molar-refractivity contribution < 1.29 is 4.39 Å². The second-order valence-electron chi connectivity index (χ2n) is 3.03. The minimum atomic E-state index is -0.320. The maximum Gasteiger partial charge on any atom is 0.134 e. The molecule has 5 heteroatoms. The van der Waals surface area contributed by atoms with Crippen LogP contribution < -0.4 is 0 Å². The molecule has 0 unspecified atom stereocenters. The van der Waals surface area contributed by atoms with Gasteiger partial charge in [0.15, 0.2) is 0 Å². The van der Waals surface area contributed by atoms with E-state index < -0.39 is 0 Å².